The van der Waals surface area contributed by atoms with Gasteiger partial charge in [-0.05, 0) is 20.8 Å². The Balaban J connectivity index is -0.0000000607. The first kappa shape index (κ1) is 48.8. The zero-order chi connectivity index (χ0) is 23.9. The van der Waals surface area contributed by atoms with Crippen molar-refractivity contribution in [1.82, 2.24) is 0 Å². The molecule has 0 amide bonds. The highest BCUT2D eigenvalue weighted by molar-refractivity contribution is 5.87. The smallest absolute Gasteiger partial charge is 0.333 e. The summed E-state index contributed by atoms with van der Waals surface area (Å²) >= 11 is 0. The van der Waals surface area contributed by atoms with E-state index >= 15 is 0 Å². The number of rotatable bonds is 12. The van der Waals surface area contributed by atoms with Crippen molar-refractivity contribution in [3.8, 4) is 0 Å². The maximum absolute atomic E-state index is 10.6. The van der Waals surface area contributed by atoms with Crippen LogP contribution in [-0.2, 0) is 42.8 Å². The molecule has 0 N–H and O–H groups in total. The van der Waals surface area contributed by atoms with Crippen LogP contribution in [0.15, 0.2) is 36.5 Å². The Labute approximate surface area is 209 Å². The molecule has 0 heterocycles. The number of carbonyl (C=O) groups excluding carboxylic acids is 3. The summed E-state index contributed by atoms with van der Waals surface area (Å²) in [6, 6.07) is 0. The van der Waals surface area contributed by atoms with Gasteiger partial charge < -0.3 is 28.4 Å². The SMILES string of the molecule is C.C.C.C.C=C(C)C(=O)OCCOC.C=C(C)C(=O)OCCOC.C=C(C)C(=O)OCCOC. The fourth-order valence-corrected chi connectivity index (χ4v) is 1.02. The molecule has 0 bridgehead atoms. The number of ether oxygens (including phenoxy) is 6. The number of methoxy groups -OCH3 is 3. The second-order valence-electron chi connectivity index (χ2n) is 5.73. The number of hydrogen-bond donors (Lipinski definition) is 0. The van der Waals surface area contributed by atoms with Gasteiger partial charge in [0.2, 0.25) is 0 Å². The summed E-state index contributed by atoms with van der Waals surface area (Å²) in [4.78, 5) is 31.9. The van der Waals surface area contributed by atoms with Crippen LogP contribution in [0.4, 0.5) is 0 Å². The molecular formula is C25H52O9. The standard InChI is InChI=1S/3C7H12O3.4CH4/c3*1-6(2)7(8)10-5-4-9-3;;;;/h3*1,4-5H2,2-3H3;4*1H4. The fraction of sp³-hybridized carbons (Fsp3) is 0.640. The predicted molar refractivity (Wildman–Crippen MR) is 140 cm³/mol. The van der Waals surface area contributed by atoms with Gasteiger partial charge in [0.05, 0.1) is 19.8 Å². The first-order valence-corrected chi connectivity index (χ1v) is 8.99. The van der Waals surface area contributed by atoms with Crippen LogP contribution in [-0.4, -0.2) is 78.9 Å². The van der Waals surface area contributed by atoms with Crippen molar-refractivity contribution in [3.05, 3.63) is 36.5 Å². The van der Waals surface area contributed by atoms with Crippen molar-refractivity contribution in [1.29, 1.82) is 0 Å². The highest BCUT2D eigenvalue weighted by atomic mass is 16.6. The molecule has 9 nitrogen and oxygen atoms in total. The van der Waals surface area contributed by atoms with Crippen molar-refractivity contribution in [2.45, 2.75) is 50.5 Å². The van der Waals surface area contributed by atoms with E-state index in [2.05, 4.69) is 48.2 Å². The highest BCUT2D eigenvalue weighted by Gasteiger charge is 2.01. The molecule has 9 heteroatoms. The van der Waals surface area contributed by atoms with Crippen LogP contribution in [0.1, 0.15) is 50.5 Å². The third kappa shape index (κ3) is 39.9. The lowest BCUT2D eigenvalue weighted by Gasteiger charge is -2.01. The molecule has 34 heavy (non-hydrogen) atoms. The minimum atomic E-state index is -0.364. The Morgan fingerprint density at radius 2 is 0.647 bits per heavy atom. The minimum absolute atomic E-state index is 0. The maximum Gasteiger partial charge on any atom is 0.333 e. The second kappa shape index (κ2) is 35.1. The van der Waals surface area contributed by atoms with Gasteiger partial charge in [0.1, 0.15) is 19.8 Å². The molecule has 0 aromatic rings. The van der Waals surface area contributed by atoms with Crippen molar-refractivity contribution in [3.63, 3.8) is 0 Å². The van der Waals surface area contributed by atoms with Gasteiger partial charge in [-0.1, -0.05) is 49.4 Å². The van der Waals surface area contributed by atoms with Crippen molar-refractivity contribution in [2.24, 2.45) is 0 Å². The van der Waals surface area contributed by atoms with Crippen LogP contribution < -0.4 is 0 Å². The average molecular weight is 497 g/mol. The van der Waals surface area contributed by atoms with E-state index in [9.17, 15) is 14.4 Å². The molecule has 0 saturated carbocycles. The number of hydrogen-bond acceptors (Lipinski definition) is 9. The zero-order valence-corrected chi connectivity index (χ0v) is 19.0. The molecular weight excluding hydrogens is 444 g/mol. The third-order valence-electron chi connectivity index (χ3n) is 2.61. The van der Waals surface area contributed by atoms with E-state index in [4.69, 9.17) is 0 Å². The van der Waals surface area contributed by atoms with E-state index in [-0.39, 0.29) is 47.6 Å². The minimum Gasteiger partial charge on any atom is -0.460 e. The van der Waals surface area contributed by atoms with Gasteiger partial charge >= 0.3 is 17.9 Å². The van der Waals surface area contributed by atoms with Crippen LogP contribution in [0.2, 0.25) is 0 Å². The summed E-state index contributed by atoms with van der Waals surface area (Å²) < 4.78 is 28.0. The Morgan fingerprint density at radius 3 is 0.765 bits per heavy atom. The lowest BCUT2D eigenvalue weighted by atomic mass is 10.4. The van der Waals surface area contributed by atoms with E-state index < -0.39 is 0 Å². The largest absolute Gasteiger partial charge is 0.460 e. The van der Waals surface area contributed by atoms with E-state index in [1.807, 2.05) is 0 Å². The van der Waals surface area contributed by atoms with Crippen molar-refractivity contribution >= 4 is 17.9 Å². The molecule has 0 aliphatic carbocycles. The fourth-order valence-electron chi connectivity index (χ4n) is 1.02. The summed E-state index contributed by atoms with van der Waals surface area (Å²) in [5, 5.41) is 0. The predicted octanol–water partition coefficient (Wildman–Crippen LogP) is 4.80. The van der Waals surface area contributed by atoms with Gasteiger partial charge in [0, 0.05) is 38.0 Å². The normalized spacial score (nSPS) is 7.94. The molecule has 0 aliphatic rings. The van der Waals surface area contributed by atoms with Gasteiger partial charge in [-0.2, -0.15) is 0 Å². The summed E-state index contributed by atoms with van der Waals surface area (Å²) in [5.41, 5.74) is 1.24. The Morgan fingerprint density at radius 1 is 0.471 bits per heavy atom. The van der Waals surface area contributed by atoms with E-state index in [1.54, 1.807) is 42.1 Å². The molecule has 0 atom stereocenters. The first-order valence-electron chi connectivity index (χ1n) is 8.99. The van der Waals surface area contributed by atoms with Crippen LogP contribution in [0, 0.1) is 0 Å². The van der Waals surface area contributed by atoms with E-state index in [1.165, 1.54) is 0 Å². The summed E-state index contributed by atoms with van der Waals surface area (Å²) in [5.74, 6) is -1.09. The van der Waals surface area contributed by atoms with Crippen molar-refractivity contribution < 1.29 is 42.8 Å². The Hall–Kier alpha value is -2.49. The molecule has 0 fully saturated rings. The van der Waals surface area contributed by atoms with Crippen LogP contribution in [0.5, 0.6) is 0 Å². The lowest BCUT2D eigenvalue weighted by molar-refractivity contribution is -0.141. The zero-order valence-electron chi connectivity index (χ0n) is 19.0. The van der Waals surface area contributed by atoms with Gasteiger partial charge in [0.25, 0.3) is 0 Å². The summed E-state index contributed by atoms with van der Waals surface area (Å²) in [7, 11) is 4.65. The summed E-state index contributed by atoms with van der Waals surface area (Å²) in [6.45, 7) is 17.2. The molecule has 0 rings (SSSR count). The first-order chi connectivity index (χ1) is 14.0. The molecule has 206 valence electrons. The summed E-state index contributed by atoms with van der Waals surface area (Å²) in [6.07, 6.45) is 0. The van der Waals surface area contributed by atoms with Gasteiger partial charge in [0.15, 0.2) is 0 Å². The van der Waals surface area contributed by atoms with E-state index in [0.29, 0.717) is 56.4 Å². The number of esters is 3. The molecule has 0 aromatic heterocycles. The molecule has 0 radical (unpaired) electrons. The van der Waals surface area contributed by atoms with Gasteiger partial charge in [-0.25, -0.2) is 14.4 Å². The van der Waals surface area contributed by atoms with Crippen LogP contribution in [0.25, 0.3) is 0 Å². The quantitative estimate of drug-likeness (QED) is 0.163. The molecule has 0 spiro atoms. The maximum atomic E-state index is 10.6. The molecule has 0 aliphatic heterocycles. The van der Waals surface area contributed by atoms with Gasteiger partial charge in [-0.15, -0.1) is 0 Å². The van der Waals surface area contributed by atoms with Crippen LogP contribution in [0.3, 0.4) is 0 Å². The molecule has 0 unspecified atom stereocenters. The second-order valence-corrected chi connectivity index (χ2v) is 5.73. The Bertz CT molecular complexity index is 464. The Kier molecular flexibility index (Phi) is 50.4. The van der Waals surface area contributed by atoms with Gasteiger partial charge in [-0.3, -0.25) is 0 Å². The van der Waals surface area contributed by atoms with Crippen LogP contribution >= 0.6 is 0 Å². The molecule has 0 saturated heterocycles. The van der Waals surface area contributed by atoms with Crippen molar-refractivity contribution in [2.75, 3.05) is 61.0 Å². The third-order valence-corrected chi connectivity index (χ3v) is 2.61. The topological polar surface area (TPSA) is 107 Å². The highest BCUT2D eigenvalue weighted by Crippen LogP contribution is 1.92. The molecule has 0 aromatic carbocycles. The average Bonchev–Trinajstić information content (AvgIpc) is 2.69. The number of carbonyl (C=O) groups is 3. The van der Waals surface area contributed by atoms with E-state index in [0.717, 1.165) is 0 Å². The monoisotopic (exact) mass is 496 g/mol. The lowest BCUT2D eigenvalue weighted by Crippen LogP contribution is -2.09.